The number of aromatic nitrogens is 1. The van der Waals surface area contributed by atoms with Gasteiger partial charge in [0, 0.05) is 12.0 Å². The molecule has 7 heteroatoms. The van der Waals surface area contributed by atoms with Gasteiger partial charge in [-0.3, -0.25) is 4.79 Å². The van der Waals surface area contributed by atoms with Crippen LogP contribution >= 0.6 is 11.3 Å². The average Bonchev–Trinajstić information content (AvgIpc) is 3.52. The maximum absolute atomic E-state index is 11.9. The fraction of sp³-hybridized carbons (Fsp3) is 0.467. The van der Waals surface area contributed by atoms with Gasteiger partial charge in [0.2, 0.25) is 5.88 Å². The molecule has 0 saturated carbocycles. The second kappa shape index (κ2) is 13.5. The summed E-state index contributed by atoms with van der Waals surface area (Å²) in [5, 5.41) is 2.91. The predicted molar refractivity (Wildman–Crippen MR) is 147 cm³/mol. The molecule has 37 heavy (non-hydrogen) atoms. The number of ether oxygens (including phenoxy) is 4. The Morgan fingerprint density at radius 3 is 2.70 bits per heavy atom. The molecular weight excluding hydrogens is 486 g/mol. The van der Waals surface area contributed by atoms with Crippen LogP contribution in [0.5, 0.6) is 17.4 Å². The van der Waals surface area contributed by atoms with Crippen LogP contribution in [0.3, 0.4) is 0 Å². The van der Waals surface area contributed by atoms with E-state index in [-0.39, 0.29) is 11.9 Å². The smallest absolute Gasteiger partial charge is 0.306 e. The van der Waals surface area contributed by atoms with E-state index in [2.05, 4.69) is 42.2 Å². The van der Waals surface area contributed by atoms with E-state index in [0.717, 1.165) is 54.2 Å². The minimum atomic E-state index is -0.115. The highest BCUT2D eigenvalue weighted by Crippen LogP contribution is 2.37. The summed E-state index contributed by atoms with van der Waals surface area (Å²) < 4.78 is 22.8. The van der Waals surface area contributed by atoms with Crippen LogP contribution in [0.2, 0.25) is 0 Å². The van der Waals surface area contributed by atoms with E-state index < -0.39 is 0 Å². The van der Waals surface area contributed by atoms with Gasteiger partial charge in [-0.2, -0.15) is 0 Å². The molecule has 0 saturated heterocycles. The molecule has 0 aliphatic heterocycles. The largest absolute Gasteiger partial charge is 0.493 e. The Kier molecular flexibility index (Phi) is 9.83. The Labute approximate surface area is 223 Å². The molecule has 198 valence electrons. The van der Waals surface area contributed by atoms with Crippen molar-refractivity contribution in [2.75, 3.05) is 26.4 Å². The first-order valence-electron chi connectivity index (χ1n) is 13.4. The van der Waals surface area contributed by atoms with Crippen molar-refractivity contribution in [3.05, 3.63) is 58.5 Å². The van der Waals surface area contributed by atoms with Gasteiger partial charge >= 0.3 is 5.97 Å². The van der Waals surface area contributed by atoms with Gasteiger partial charge in [-0.05, 0) is 86.1 Å². The number of benzene rings is 2. The molecule has 6 nitrogen and oxygen atoms in total. The van der Waals surface area contributed by atoms with Gasteiger partial charge in [0.05, 0.1) is 38.2 Å². The third kappa shape index (κ3) is 7.25. The maximum atomic E-state index is 11.9. The highest BCUT2D eigenvalue weighted by atomic mass is 32.1. The third-order valence-electron chi connectivity index (χ3n) is 6.45. The van der Waals surface area contributed by atoms with Crippen LogP contribution in [-0.4, -0.2) is 37.4 Å². The van der Waals surface area contributed by atoms with E-state index in [4.69, 9.17) is 18.9 Å². The lowest BCUT2D eigenvalue weighted by molar-refractivity contribution is -0.143. The molecule has 0 bridgehead atoms. The van der Waals surface area contributed by atoms with Gasteiger partial charge in [-0.25, -0.2) is 4.98 Å². The molecule has 1 heterocycles. The number of nitrogens with zero attached hydrogens (tertiary/aromatic N) is 1. The highest BCUT2D eigenvalue weighted by molar-refractivity contribution is 7.13. The average molecular weight is 524 g/mol. The van der Waals surface area contributed by atoms with Crippen molar-refractivity contribution >= 4 is 17.3 Å². The fourth-order valence-electron chi connectivity index (χ4n) is 4.76. The summed E-state index contributed by atoms with van der Waals surface area (Å²) in [5.74, 6) is 2.62. The Morgan fingerprint density at radius 2 is 1.89 bits per heavy atom. The molecule has 1 atom stereocenters. The molecule has 0 radical (unpaired) electrons. The van der Waals surface area contributed by atoms with E-state index in [1.165, 1.54) is 16.7 Å². The van der Waals surface area contributed by atoms with E-state index in [0.29, 0.717) is 38.7 Å². The second-order valence-corrected chi connectivity index (χ2v) is 10.0. The molecule has 1 aliphatic rings. The standard InChI is InChI=1S/C30H37NO5S/c1-4-8-23-17-24(30-31-28(20-37-30)33-5-2)11-14-27(23)36-16-7-15-35-25-12-13-26-21(18-25)9-10-22(26)19-29(32)34-6-3/h11-14,17-18,20,22H,4-10,15-16,19H2,1-3H3/t22-/m0/s1. The van der Waals surface area contributed by atoms with Crippen molar-refractivity contribution in [3.8, 4) is 28.0 Å². The van der Waals surface area contributed by atoms with Crippen molar-refractivity contribution < 1.29 is 23.7 Å². The molecule has 2 aromatic carbocycles. The van der Waals surface area contributed by atoms with Crippen molar-refractivity contribution in [2.24, 2.45) is 0 Å². The van der Waals surface area contributed by atoms with E-state index in [1.54, 1.807) is 11.3 Å². The number of rotatable bonds is 14. The minimum absolute atomic E-state index is 0.115. The quantitative estimate of drug-likeness (QED) is 0.168. The lowest BCUT2D eigenvalue weighted by atomic mass is 9.98. The lowest BCUT2D eigenvalue weighted by Gasteiger charge is -2.14. The molecule has 1 aliphatic carbocycles. The number of fused-ring (bicyclic) bond motifs is 1. The fourth-order valence-corrected chi connectivity index (χ4v) is 5.50. The van der Waals surface area contributed by atoms with Crippen LogP contribution in [0.1, 0.15) is 69.1 Å². The first kappa shape index (κ1) is 27.0. The third-order valence-corrected chi connectivity index (χ3v) is 7.32. The zero-order valence-corrected chi connectivity index (χ0v) is 22.9. The molecule has 0 fully saturated rings. The summed E-state index contributed by atoms with van der Waals surface area (Å²) in [7, 11) is 0. The van der Waals surface area contributed by atoms with Crippen LogP contribution in [0, 0.1) is 0 Å². The Morgan fingerprint density at radius 1 is 1.03 bits per heavy atom. The number of hydrogen-bond donors (Lipinski definition) is 0. The van der Waals surface area contributed by atoms with Gasteiger partial charge in [0.25, 0.3) is 0 Å². The number of carbonyl (C=O) groups is 1. The molecule has 0 N–H and O–H groups in total. The zero-order chi connectivity index (χ0) is 26.0. The van der Waals surface area contributed by atoms with Crippen LogP contribution in [0.25, 0.3) is 10.6 Å². The van der Waals surface area contributed by atoms with Crippen molar-refractivity contribution in [1.82, 2.24) is 4.98 Å². The molecular formula is C30H37NO5S. The topological polar surface area (TPSA) is 66.9 Å². The molecule has 1 aromatic heterocycles. The molecule has 0 amide bonds. The monoisotopic (exact) mass is 523 g/mol. The maximum Gasteiger partial charge on any atom is 0.306 e. The molecule has 4 rings (SSSR count). The van der Waals surface area contributed by atoms with Crippen molar-refractivity contribution in [1.29, 1.82) is 0 Å². The van der Waals surface area contributed by atoms with E-state index in [1.807, 2.05) is 25.3 Å². The highest BCUT2D eigenvalue weighted by Gasteiger charge is 2.25. The SMILES string of the molecule is CCCc1cc(-c2nc(OCC)cs2)ccc1OCCCOc1ccc2c(c1)CC[C@H]2CC(=O)OCC. The first-order valence-corrected chi connectivity index (χ1v) is 14.2. The van der Waals surface area contributed by atoms with E-state index >= 15 is 0 Å². The van der Waals surface area contributed by atoms with E-state index in [9.17, 15) is 4.79 Å². The second-order valence-electron chi connectivity index (χ2n) is 9.15. The summed E-state index contributed by atoms with van der Waals surface area (Å²) in [6, 6.07) is 12.5. The number of aryl methyl sites for hydroxylation is 2. The molecule has 0 unspecified atom stereocenters. The van der Waals surface area contributed by atoms with Gasteiger partial charge < -0.3 is 18.9 Å². The van der Waals surface area contributed by atoms with Crippen LogP contribution in [-0.2, 0) is 22.4 Å². The Bertz CT molecular complexity index is 1170. The number of thiazole rings is 1. The van der Waals surface area contributed by atoms with Gasteiger partial charge in [-0.1, -0.05) is 19.4 Å². The summed E-state index contributed by atoms with van der Waals surface area (Å²) in [6.07, 6.45) is 5.21. The summed E-state index contributed by atoms with van der Waals surface area (Å²) in [6.45, 7) is 8.22. The van der Waals surface area contributed by atoms with Gasteiger partial charge in [0.15, 0.2) is 0 Å². The normalized spacial score (nSPS) is 14.3. The summed E-state index contributed by atoms with van der Waals surface area (Å²) in [4.78, 5) is 16.5. The zero-order valence-electron chi connectivity index (χ0n) is 22.1. The van der Waals surface area contributed by atoms with Crippen LogP contribution in [0.15, 0.2) is 41.8 Å². The molecule has 3 aromatic rings. The number of carbonyl (C=O) groups excluding carboxylic acids is 1. The van der Waals surface area contributed by atoms with Crippen LogP contribution in [0.4, 0.5) is 0 Å². The van der Waals surface area contributed by atoms with Crippen molar-refractivity contribution in [2.45, 2.75) is 65.2 Å². The van der Waals surface area contributed by atoms with Crippen molar-refractivity contribution in [3.63, 3.8) is 0 Å². The summed E-state index contributed by atoms with van der Waals surface area (Å²) >= 11 is 1.60. The Hall–Kier alpha value is -3.06. The first-order chi connectivity index (χ1) is 18.1. The van der Waals surface area contributed by atoms with Gasteiger partial charge in [0.1, 0.15) is 16.5 Å². The van der Waals surface area contributed by atoms with Crippen LogP contribution < -0.4 is 14.2 Å². The minimum Gasteiger partial charge on any atom is -0.493 e. The molecule has 0 spiro atoms. The number of esters is 1. The predicted octanol–water partition coefficient (Wildman–Crippen LogP) is 6.99. The Balaban J connectivity index is 1.27. The summed E-state index contributed by atoms with van der Waals surface area (Å²) in [5.41, 5.74) is 4.82. The number of hydrogen-bond acceptors (Lipinski definition) is 7. The lowest BCUT2D eigenvalue weighted by Crippen LogP contribution is -2.08. The van der Waals surface area contributed by atoms with Gasteiger partial charge in [-0.15, -0.1) is 11.3 Å².